The number of guanidine groups is 1. The smallest absolute Gasteiger partial charge is 0.210 e. The van der Waals surface area contributed by atoms with E-state index in [2.05, 4.69) is 28.7 Å². The molecule has 17 heavy (non-hydrogen) atoms. The van der Waals surface area contributed by atoms with Crippen molar-refractivity contribution in [3.63, 3.8) is 0 Å². The lowest BCUT2D eigenvalue weighted by atomic mass is 10.1. The third-order valence-corrected chi connectivity index (χ3v) is 2.35. The molecule has 0 bridgehead atoms. The van der Waals surface area contributed by atoms with Gasteiger partial charge in [-0.25, -0.2) is 10.8 Å². The third-order valence-electron chi connectivity index (χ3n) is 2.35. The van der Waals surface area contributed by atoms with Gasteiger partial charge >= 0.3 is 0 Å². The van der Waals surface area contributed by atoms with Crippen LogP contribution in [0.2, 0.25) is 0 Å². The van der Waals surface area contributed by atoms with E-state index in [1.807, 2.05) is 18.2 Å². The van der Waals surface area contributed by atoms with Gasteiger partial charge in [0, 0.05) is 12.8 Å². The van der Waals surface area contributed by atoms with Crippen LogP contribution in [0.1, 0.15) is 12.5 Å². The first-order valence-corrected chi connectivity index (χ1v) is 5.66. The molecule has 0 fully saturated rings. The predicted octanol–water partition coefficient (Wildman–Crippen LogP) is 1.13. The number of aliphatic imine (C=N–C) groups is 1. The summed E-state index contributed by atoms with van der Waals surface area (Å²) in [5.74, 6) is 5.95. The van der Waals surface area contributed by atoms with Gasteiger partial charge in [0.15, 0.2) is 0 Å². The zero-order chi connectivity index (χ0) is 12.5. The number of methoxy groups -OCH3 is 1. The lowest BCUT2D eigenvalue weighted by Gasteiger charge is -2.12. The Morgan fingerprint density at radius 1 is 1.41 bits per heavy atom. The molecule has 94 valence electrons. The Balaban J connectivity index is 2.69. The number of benzene rings is 1. The summed E-state index contributed by atoms with van der Waals surface area (Å²) in [6, 6.07) is 8.07. The Bertz CT molecular complexity index is 365. The number of para-hydroxylation sites is 1. The van der Waals surface area contributed by atoms with E-state index < -0.39 is 0 Å². The average Bonchev–Trinajstić information content (AvgIpc) is 2.38. The fraction of sp³-hybridized carbons (Fsp3) is 0.417. The second-order valence-corrected chi connectivity index (χ2v) is 3.50. The van der Waals surface area contributed by atoms with Crippen LogP contribution in [0.25, 0.3) is 0 Å². The van der Waals surface area contributed by atoms with Crippen molar-refractivity contribution in [3.8, 4) is 0 Å². The van der Waals surface area contributed by atoms with Crippen molar-refractivity contribution in [2.75, 3.05) is 25.6 Å². The SMILES string of the molecule is CCc1ccccc1NC(=NCCOC)NN. The van der Waals surface area contributed by atoms with E-state index in [1.54, 1.807) is 7.11 Å². The zero-order valence-corrected chi connectivity index (χ0v) is 10.4. The van der Waals surface area contributed by atoms with Gasteiger partial charge in [-0.3, -0.25) is 5.43 Å². The van der Waals surface area contributed by atoms with Crippen LogP contribution in [0.5, 0.6) is 0 Å². The minimum absolute atomic E-state index is 0.544. The van der Waals surface area contributed by atoms with Gasteiger partial charge in [-0.2, -0.15) is 0 Å². The molecule has 0 radical (unpaired) electrons. The molecule has 1 aromatic carbocycles. The van der Waals surface area contributed by atoms with Gasteiger partial charge in [-0.15, -0.1) is 0 Å². The molecule has 1 rings (SSSR count). The number of hydrazine groups is 1. The van der Waals surface area contributed by atoms with Gasteiger partial charge in [-0.1, -0.05) is 25.1 Å². The topological polar surface area (TPSA) is 71.7 Å². The van der Waals surface area contributed by atoms with Crippen LogP contribution in [-0.2, 0) is 11.2 Å². The molecular formula is C12H20N4O. The van der Waals surface area contributed by atoms with E-state index in [4.69, 9.17) is 10.6 Å². The Morgan fingerprint density at radius 3 is 2.82 bits per heavy atom. The monoisotopic (exact) mass is 236 g/mol. The van der Waals surface area contributed by atoms with E-state index in [9.17, 15) is 0 Å². The van der Waals surface area contributed by atoms with Crippen LogP contribution in [-0.4, -0.2) is 26.2 Å². The summed E-state index contributed by atoms with van der Waals surface area (Å²) in [7, 11) is 1.64. The van der Waals surface area contributed by atoms with E-state index in [0.29, 0.717) is 19.1 Å². The van der Waals surface area contributed by atoms with E-state index in [1.165, 1.54) is 5.56 Å². The van der Waals surface area contributed by atoms with Gasteiger partial charge in [0.2, 0.25) is 5.96 Å². The minimum atomic E-state index is 0.544. The van der Waals surface area contributed by atoms with Crippen molar-refractivity contribution >= 4 is 11.6 Å². The maximum Gasteiger partial charge on any atom is 0.210 e. The molecule has 1 aromatic rings. The first-order valence-electron chi connectivity index (χ1n) is 5.66. The third kappa shape index (κ3) is 4.42. The molecule has 0 aliphatic rings. The number of nitrogens with two attached hydrogens (primary N) is 1. The Labute approximate surface area is 102 Å². The van der Waals surface area contributed by atoms with Gasteiger partial charge in [0.25, 0.3) is 0 Å². The molecule has 0 amide bonds. The van der Waals surface area contributed by atoms with Crippen LogP contribution >= 0.6 is 0 Å². The summed E-state index contributed by atoms with van der Waals surface area (Å²) >= 11 is 0. The number of hydrogen-bond donors (Lipinski definition) is 3. The molecule has 0 spiro atoms. The number of hydrogen-bond acceptors (Lipinski definition) is 3. The molecule has 0 aliphatic heterocycles. The normalized spacial score (nSPS) is 11.4. The molecule has 0 unspecified atom stereocenters. The summed E-state index contributed by atoms with van der Waals surface area (Å²) in [6.07, 6.45) is 0.957. The molecule has 0 saturated carbocycles. The van der Waals surface area contributed by atoms with Crippen molar-refractivity contribution in [2.45, 2.75) is 13.3 Å². The molecule has 0 aromatic heterocycles. The average molecular weight is 236 g/mol. The standard InChI is InChI=1S/C12H20N4O/c1-3-10-6-4-5-7-11(10)15-12(16-13)14-8-9-17-2/h4-7H,3,8-9,13H2,1-2H3,(H2,14,15,16). The van der Waals surface area contributed by atoms with Crippen LogP contribution in [0, 0.1) is 0 Å². The Hall–Kier alpha value is -1.59. The number of nitrogens with zero attached hydrogens (tertiary/aromatic N) is 1. The van der Waals surface area contributed by atoms with E-state index >= 15 is 0 Å². The first-order chi connectivity index (χ1) is 8.31. The fourth-order valence-corrected chi connectivity index (χ4v) is 1.45. The molecule has 5 nitrogen and oxygen atoms in total. The van der Waals surface area contributed by atoms with Crippen molar-refractivity contribution in [1.29, 1.82) is 0 Å². The van der Waals surface area contributed by atoms with Crippen molar-refractivity contribution in [1.82, 2.24) is 5.43 Å². The highest BCUT2D eigenvalue weighted by molar-refractivity contribution is 5.93. The van der Waals surface area contributed by atoms with E-state index in [0.717, 1.165) is 12.1 Å². The summed E-state index contributed by atoms with van der Waals surface area (Å²) in [4.78, 5) is 4.25. The van der Waals surface area contributed by atoms with Crippen LogP contribution < -0.4 is 16.6 Å². The number of rotatable bonds is 5. The number of aryl methyl sites for hydroxylation is 1. The predicted molar refractivity (Wildman–Crippen MR) is 70.9 cm³/mol. The summed E-state index contributed by atoms with van der Waals surface area (Å²) < 4.78 is 4.93. The first kappa shape index (κ1) is 13.5. The molecular weight excluding hydrogens is 216 g/mol. The summed E-state index contributed by atoms with van der Waals surface area (Å²) in [6.45, 7) is 3.25. The van der Waals surface area contributed by atoms with Crippen molar-refractivity contribution in [2.24, 2.45) is 10.8 Å². The van der Waals surface area contributed by atoms with Gasteiger partial charge in [0.1, 0.15) is 0 Å². The second-order valence-electron chi connectivity index (χ2n) is 3.50. The highest BCUT2D eigenvalue weighted by Crippen LogP contribution is 2.14. The quantitative estimate of drug-likeness (QED) is 0.235. The maximum absolute atomic E-state index is 5.41. The molecule has 0 aliphatic carbocycles. The lowest BCUT2D eigenvalue weighted by molar-refractivity contribution is 0.208. The maximum atomic E-state index is 5.41. The van der Waals surface area contributed by atoms with Crippen LogP contribution in [0.3, 0.4) is 0 Å². The van der Waals surface area contributed by atoms with Crippen LogP contribution in [0.4, 0.5) is 5.69 Å². The van der Waals surface area contributed by atoms with Gasteiger partial charge < -0.3 is 10.1 Å². The number of anilines is 1. The van der Waals surface area contributed by atoms with Crippen LogP contribution in [0.15, 0.2) is 29.3 Å². The minimum Gasteiger partial charge on any atom is -0.383 e. The van der Waals surface area contributed by atoms with Crippen molar-refractivity contribution < 1.29 is 4.74 Å². The fourth-order valence-electron chi connectivity index (χ4n) is 1.45. The van der Waals surface area contributed by atoms with E-state index in [-0.39, 0.29) is 0 Å². The lowest BCUT2D eigenvalue weighted by Crippen LogP contribution is -2.36. The molecule has 0 atom stereocenters. The Kier molecular flexibility index (Phi) is 6.06. The molecule has 0 saturated heterocycles. The van der Waals surface area contributed by atoms with Crippen molar-refractivity contribution in [3.05, 3.63) is 29.8 Å². The molecule has 0 heterocycles. The zero-order valence-electron chi connectivity index (χ0n) is 10.4. The highest BCUT2D eigenvalue weighted by Gasteiger charge is 2.01. The second kappa shape index (κ2) is 7.65. The number of ether oxygens (including phenoxy) is 1. The Morgan fingerprint density at radius 2 is 2.18 bits per heavy atom. The molecule has 5 heteroatoms. The summed E-state index contributed by atoms with van der Waals surface area (Å²) in [5, 5.41) is 3.17. The van der Waals surface area contributed by atoms with Gasteiger partial charge in [-0.05, 0) is 18.1 Å². The highest BCUT2D eigenvalue weighted by atomic mass is 16.5. The number of nitrogens with one attached hydrogen (secondary N) is 2. The summed E-state index contributed by atoms with van der Waals surface area (Å²) in [5.41, 5.74) is 4.79. The van der Waals surface area contributed by atoms with Gasteiger partial charge in [0.05, 0.1) is 13.2 Å². The largest absolute Gasteiger partial charge is 0.383 e. The molecule has 4 N–H and O–H groups in total.